The molecule has 0 bridgehead atoms. The summed E-state index contributed by atoms with van der Waals surface area (Å²) in [6.07, 6.45) is 1.84. The van der Waals surface area contributed by atoms with Gasteiger partial charge >= 0.3 is 0 Å². The average molecular weight is 1080 g/mol. The van der Waals surface area contributed by atoms with Crippen molar-refractivity contribution in [1.29, 1.82) is 0 Å². The number of aromatic hydroxyl groups is 1. The Hall–Kier alpha value is -6.35. The van der Waals surface area contributed by atoms with Crippen molar-refractivity contribution in [2.24, 2.45) is 0 Å². The Bertz CT molecular complexity index is 3480. The van der Waals surface area contributed by atoms with Crippen LogP contribution < -0.4 is 0 Å². The summed E-state index contributed by atoms with van der Waals surface area (Å²) in [6, 6.07) is 53.7. The Balaban J connectivity index is 0.00000711. The van der Waals surface area contributed by atoms with Crippen LogP contribution in [0.15, 0.2) is 158 Å². The van der Waals surface area contributed by atoms with E-state index in [-0.39, 0.29) is 43.2 Å². The van der Waals surface area contributed by atoms with Gasteiger partial charge in [-0.2, -0.15) is 0 Å². The van der Waals surface area contributed by atoms with Crippen LogP contribution in [0.2, 0.25) is 0 Å². The second-order valence-corrected chi connectivity index (χ2v) is 20.2. The standard InChI is InChI=1S/C63H62N3O.Pt/c1-39(2)46-35-52(40(3)4)60(67)55(36-46)61-65-59-51(47-32-48(34-50(33-47)63(9,10)11)56-37-45(29-30-64-56)42-19-14-12-15-20-42)23-18-24-57(59)66(61)58-38-53(43-21-16-13-17-22-43)41(5)31-54(58)44-25-27-49(28-26-44)62(6,7)8;/h12-31,33-40,67H,1-11H3;/q-1;/i5D3,39D,40D;. The maximum atomic E-state index is 12.6. The fourth-order valence-electron chi connectivity index (χ4n) is 8.90. The number of nitrogens with zero attached hydrogens (tertiary/aromatic N) is 3. The summed E-state index contributed by atoms with van der Waals surface area (Å²) in [5.41, 5.74) is 13.3. The number of aryl methyl sites for hydroxylation is 1. The third-order valence-electron chi connectivity index (χ3n) is 12.8. The van der Waals surface area contributed by atoms with Crippen LogP contribution in [0.3, 0.4) is 0 Å². The number of phenolic OH excluding ortho intramolecular Hbond substituents is 1. The second kappa shape index (κ2) is 19.0. The van der Waals surface area contributed by atoms with Crippen LogP contribution in [0.4, 0.5) is 0 Å². The number of rotatable bonds is 9. The molecule has 4 nitrogen and oxygen atoms in total. The topological polar surface area (TPSA) is 50.9 Å². The molecular weight excluding hydrogens is 1010 g/mol. The first-order valence-corrected chi connectivity index (χ1v) is 23.1. The minimum atomic E-state index is -2.49. The van der Waals surface area contributed by atoms with Gasteiger partial charge in [0.25, 0.3) is 0 Å². The van der Waals surface area contributed by atoms with Gasteiger partial charge in [0.2, 0.25) is 0 Å². The molecule has 0 aliphatic heterocycles. The van der Waals surface area contributed by atoms with Gasteiger partial charge in [-0.15, -0.1) is 29.3 Å². The van der Waals surface area contributed by atoms with Gasteiger partial charge in [0.15, 0.2) is 0 Å². The molecule has 0 amide bonds. The van der Waals surface area contributed by atoms with Crippen molar-refractivity contribution in [2.75, 3.05) is 0 Å². The summed E-state index contributed by atoms with van der Waals surface area (Å²) < 4.78 is 47.4. The van der Waals surface area contributed by atoms with Gasteiger partial charge in [-0.1, -0.05) is 190 Å². The zero-order valence-corrected chi connectivity index (χ0v) is 42.9. The predicted molar refractivity (Wildman–Crippen MR) is 282 cm³/mol. The number of fused-ring (bicyclic) bond motifs is 1. The molecule has 2 heterocycles. The summed E-state index contributed by atoms with van der Waals surface area (Å²) in [4.78, 5) is 10.5. The van der Waals surface area contributed by atoms with Crippen molar-refractivity contribution in [3.63, 3.8) is 0 Å². The largest absolute Gasteiger partial charge is 0.507 e. The summed E-state index contributed by atoms with van der Waals surface area (Å²) in [5, 5.41) is 12.6. The number of hydrogen-bond acceptors (Lipinski definition) is 3. The minimum absolute atomic E-state index is 0. The van der Waals surface area contributed by atoms with Gasteiger partial charge in [-0.05, 0) is 110 Å². The minimum Gasteiger partial charge on any atom is -0.507 e. The summed E-state index contributed by atoms with van der Waals surface area (Å²) in [5.74, 6) is -2.12. The van der Waals surface area contributed by atoms with E-state index in [1.54, 1.807) is 39.8 Å². The molecule has 0 saturated heterocycles. The molecule has 68 heavy (non-hydrogen) atoms. The molecule has 9 rings (SSSR count). The van der Waals surface area contributed by atoms with Gasteiger partial charge < -0.3 is 5.11 Å². The molecule has 0 spiro atoms. The van der Waals surface area contributed by atoms with E-state index in [4.69, 9.17) is 14.1 Å². The Labute approximate surface area is 425 Å². The Kier molecular flexibility index (Phi) is 11.7. The van der Waals surface area contributed by atoms with E-state index in [1.165, 1.54) is 0 Å². The van der Waals surface area contributed by atoms with Crippen LogP contribution in [-0.2, 0) is 31.9 Å². The molecular formula is C63H62N3OPt-. The van der Waals surface area contributed by atoms with Crippen molar-refractivity contribution in [1.82, 2.24) is 14.5 Å². The van der Waals surface area contributed by atoms with E-state index in [2.05, 4.69) is 90.1 Å². The smallest absolute Gasteiger partial charge is 0.148 e. The molecule has 0 fully saturated rings. The predicted octanol–water partition coefficient (Wildman–Crippen LogP) is 17.1. The third-order valence-corrected chi connectivity index (χ3v) is 12.8. The zero-order valence-electron chi connectivity index (χ0n) is 45.6. The number of para-hydroxylation sites is 1. The molecule has 7 aromatic carbocycles. The van der Waals surface area contributed by atoms with Gasteiger partial charge in [0.05, 0.1) is 22.3 Å². The maximum absolute atomic E-state index is 12.6. The Morgan fingerprint density at radius 1 is 0.588 bits per heavy atom. The van der Waals surface area contributed by atoms with Crippen molar-refractivity contribution in [3.05, 3.63) is 192 Å². The first kappa shape index (κ1) is 41.8. The molecule has 2 aromatic heterocycles. The number of phenols is 1. The van der Waals surface area contributed by atoms with Crippen LogP contribution in [0.25, 0.3) is 83.9 Å². The fraction of sp³-hybridized carbons (Fsp3) is 0.238. The quantitative estimate of drug-likeness (QED) is 0.147. The van der Waals surface area contributed by atoms with E-state index >= 15 is 0 Å². The van der Waals surface area contributed by atoms with E-state index in [1.807, 2.05) is 108 Å². The molecule has 346 valence electrons. The fourth-order valence-corrected chi connectivity index (χ4v) is 8.90. The Morgan fingerprint density at radius 3 is 1.87 bits per heavy atom. The van der Waals surface area contributed by atoms with Gasteiger partial charge in [-0.25, -0.2) is 4.98 Å². The number of pyridine rings is 1. The molecule has 0 unspecified atom stereocenters. The number of hydrogen-bond donors (Lipinski definition) is 1. The SMILES string of the molecule is [2H]C([2H])([2H])c1cc(-c2ccc(C(C)(C)C)cc2)c(-n2c(-c3cc(C([2H])(C)C)cc(C([2H])(C)C)c3O)nc3c(-c4[c-]c(-c5cc(-c6ccccc6)ccn5)cc(C(C)(C)C)c4)cccc32)cc1-c1ccccc1.[Pt]. The van der Waals surface area contributed by atoms with E-state index in [9.17, 15) is 7.85 Å². The molecule has 0 radical (unpaired) electrons. The maximum Gasteiger partial charge on any atom is 0.148 e. The van der Waals surface area contributed by atoms with Crippen molar-refractivity contribution in [2.45, 2.75) is 98.7 Å². The summed E-state index contributed by atoms with van der Waals surface area (Å²) in [6.45, 7) is 17.6. The monoisotopic (exact) mass is 1080 g/mol. The van der Waals surface area contributed by atoms with Gasteiger partial charge in [-0.3, -0.25) is 9.55 Å². The molecule has 0 aliphatic carbocycles. The molecule has 5 heteroatoms. The van der Waals surface area contributed by atoms with Crippen molar-refractivity contribution < 1.29 is 33.0 Å². The van der Waals surface area contributed by atoms with Gasteiger partial charge in [0.1, 0.15) is 11.6 Å². The molecule has 0 saturated carbocycles. The van der Waals surface area contributed by atoms with Gasteiger partial charge in [0, 0.05) is 45.4 Å². The number of benzene rings is 7. The first-order valence-electron chi connectivity index (χ1n) is 25.6. The zero-order chi connectivity index (χ0) is 51.7. The third kappa shape index (κ3) is 9.41. The van der Waals surface area contributed by atoms with Crippen LogP contribution in [0, 0.1) is 12.9 Å². The summed E-state index contributed by atoms with van der Waals surface area (Å²) in [7, 11) is 0. The van der Waals surface area contributed by atoms with Crippen LogP contribution in [0.1, 0.15) is 116 Å². The molecule has 1 N–H and O–H groups in total. The second-order valence-electron chi connectivity index (χ2n) is 20.2. The van der Waals surface area contributed by atoms with Crippen LogP contribution >= 0.6 is 0 Å². The molecule has 9 aromatic rings. The molecule has 0 atom stereocenters. The van der Waals surface area contributed by atoms with Crippen LogP contribution in [-0.4, -0.2) is 19.6 Å². The van der Waals surface area contributed by atoms with Crippen LogP contribution in [0.5, 0.6) is 5.75 Å². The average Bonchev–Trinajstić information content (AvgIpc) is 3.72. The number of aromatic nitrogens is 3. The van der Waals surface area contributed by atoms with Crippen molar-refractivity contribution in [3.8, 4) is 78.6 Å². The van der Waals surface area contributed by atoms with Crippen molar-refractivity contribution >= 4 is 11.0 Å². The normalized spacial score (nSPS) is 13.5. The van der Waals surface area contributed by atoms with E-state index in [0.717, 1.165) is 55.8 Å². The first-order chi connectivity index (χ1) is 33.8. The summed E-state index contributed by atoms with van der Waals surface area (Å²) >= 11 is 0. The van der Waals surface area contributed by atoms with E-state index < -0.39 is 18.6 Å². The Morgan fingerprint density at radius 2 is 1.24 bits per heavy atom. The van der Waals surface area contributed by atoms with E-state index in [0.29, 0.717) is 50.4 Å². The number of imidazole rings is 1. The molecule has 0 aliphatic rings.